The van der Waals surface area contributed by atoms with E-state index in [-0.39, 0.29) is 12.5 Å². The molecular weight excluding hydrogens is 276 g/mol. The normalized spacial score (nSPS) is 18.3. The molecule has 0 bridgehead atoms. The van der Waals surface area contributed by atoms with Crippen LogP contribution in [0.4, 0.5) is 0 Å². The molecule has 0 heterocycles. The van der Waals surface area contributed by atoms with E-state index in [4.69, 9.17) is 27.8 Å². The predicted molar refractivity (Wildman–Crippen MR) is 82.5 cm³/mol. The number of nitrogens with zero attached hydrogens (tertiary/aromatic N) is 1. The third-order valence-electron chi connectivity index (χ3n) is 4.06. The van der Waals surface area contributed by atoms with Crippen LogP contribution in [0.15, 0.2) is 0 Å². The van der Waals surface area contributed by atoms with Gasteiger partial charge in [0.2, 0.25) is 5.91 Å². The summed E-state index contributed by atoms with van der Waals surface area (Å²) in [4.78, 5) is 14.8. The van der Waals surface area contributed by atoms with Crippen LogP contribution in [0.1, 0.15) is 38.5 Å². The lowest BCUT2D eigenvalue weighted by atomic mass is 9.78. The van der Waals surface area contributed by atoms with Crippen LogP contribution in [0.5, 0.6) is 0 Å². The number of ether oxygens (including phenoxy) is 1. The van der Waals surface area contributed by atoms with E-state index in [0.717, 1.165) is 38.5 Å². The molecule has 1 saturated carbocycles. The maximum absolute atomic E-state index is 12.9. The van der Waals surface area contributed by atoms with Gasteiger partial charge >= 0.3 is 0 Å². The Morgan fingerprint density at radius 1 is 1.30 bits per heavy atom. The molecule has 0 aliphatic heterocycles. The highest BCUT2D eigenvalue weighted by Crippen LogP contribution is 2.37. The van der Waals surface area contributed by atoms with E-state index in [1.54, 1.807) is 12.0 Å². The lowest BCUT2D eigenvalue weighted by molar-refractivity contribution is -0.140. The Morgan fingerprint density at radius 2 is 1.90 bits per heavy atom. The minimum Gasteiger partial charge on any atom is -0.395 e. The van der Waals surface area contributed by atoms with Gasteiger partial charge in [-0.05, 0) is 12.8 Å². The minimum atomic E-state index is -0.727. The molecule has 0 radical (unpaired) electrons. The van der Waals surface area contributed by atoms with Gasteiger partial charge in [-0.3, -0.25) is 4.79 Å². The zero-order valence-electron chi connectivity index (χ0n) is 12.3. The Labute approximate surface area is 126 Å². The highest BCUT2D eigenvalue weighted by molar-refractivity contribution is 7.80. The number of methoxy groups -OCH3 is 1. The second-order valence-corrected chi connectivity index (χ2v) is 5.81. The van der Waals surface area contributed by atoms with E-state index in [1.807, 2.05) is 0 Å². The number of nitrogens with two attached hydrogens (primary N) is 1. The monoisotopic (exact) mass is 302 g/mol. The quantitative estimate of drug-likeness (QED) is 0.544. The summed E-state index contributed by atoms with van der Waals surface area (Å²) in [5.41, 5.74) is 5.20. The lowest BCUT2D eigenvalue weighted by Crippen LogP contribution is -2.52. The molecule has 20 heavy (non-hydrogen) atoms. The third kappa shape index (κ3) is 4.14. The van der Waals surface area contributed by atoms with Crippen molar-refractivity contribution in [2.75, 3.05) is 33.4 Å². The molecule has 0 aromatic heterocycles. The van der Waals surface area contributed by atoms with E-state index < -0.39 is 5.41 Å². The molecule has 1 aliphatic rings. The first-order valence-corrected chi connectivity index (χ1v) is 7.68. The molecule has 0 spiro atoms. The van der Waals surface area contributed by atoms with Gasteiger partial charge in [-0.2, -0.15) is 0 Å². The summed E-state index contributed by atoms with van der Waals surface area (Å²) < 4.78 is 5.03. The zero-order valence-corrected chi connectivity index (χ0v) is 13.1. The third-order valence-corrected chi connectivity index (χ3v) is 4.45. The Balaban J connectivity index is 2.91. The largest absolute Gasteiger partial charge is 0.395 e. The van der Waals surface area contributed by atoms with Crippen molar-refractivity contribution in [3.63, 3.8) is 0 Å². The molecular formula is C14H26N2O3S. The maximum Gasteiger partial charge on any atom is 0.235 e. The molecule has 5 nitrogen and oxygen atoms in total. The summed E-state index contributed by atoms with van der Waals surface area (Å²) in [6, 6.07) is 0. The average molecular weight is 302 g/mol. The van der Waals surface area contributed by atoms with Gasteiger partial charge in [-0.1, -0.05) is 37.9 Å². The molecule has 0 saturated heterocycles. The first kappa shape index (κ1) is 17.3. The molecule has 6 heteroatoms. The molecule has 3 N–H and O–H groups in total. The van der Waals surface area contributed by atoms with Crippen molar-refractivity contribution in [2.45, 2.75) is 38.5 Å². The van der Waals surface area contributed by atoms with Gasteiger partial charge < -0.3 is 20.5 Å². The molecule has 1 fully saturated rings. The second kappa shape index (κ2) is 8.54. The number of aliphatic hydroxyl groups excluding tert-OH is 1. The first-order chi connectivity index (χ1) is 9.58. The number of hydrogen-bond donors (Lipinski definition) is 2. The van der Waals surface area contributed by atoms with E-state index in [2.05, 4.69) is 0 Å². The fourth-order valence-corrected chi connectivity index (χ4v) is 3.13. The summed E-state index contributed by atoms with van der Waals surface area (Å²) in [6.07, 6.45) is 5.62. The van der Waals surface area contributed by atoms with Gasteiger partial charge in [0.15, 0.2) is 0 Å². The lowest BCUT2D eigenvalue weighted by Gasteiger charge is -2.35. The SMILES string of the molecule is COCCN(CCO)C(=O)C1(C(N)=S)CCCCCC1. The molecule has 116 valence electrons. The van der Waals surface area contributed by atoms with Crippen LogP contribution in [-0.2, 0) is 9.53 Å². The van der Waals surface area contributed by atoms with Crippen LogP contribution < -0.4 is 5.73 Å². The van der Waals surface area contributed by atoms with Crippen molar-refractivity contribution in [3.8, 4) is 0 Å². The summed E-state index contributed by atoms with van der Waals surface area (Å²) in [6.45, 7) is 1.13. The molecule has 0 aromatic carbocycles. The van der Waals surface area contributed by atoms with Crippen LogP contribution in [0.2, 0.25) is 0 Å². The number of aliphatic hydroxyl groups is 1. The standard InChI is InChI=1S/C14H26N2O3S/c1-19-11-9-16(8-10-17)13(18)14(12(15)20)6-4-2-3-5-7-14/h17H,2-11H2,1H3,(H2,15,20). The number of hydrogen-bond acceptors (Lipinski definition) is 4. The van der Waals surface area contributed by atoms with E-state index >= 15 is 0 Å². The van der Waals surface area contributed by atoms with E-state index in [0.29, 0.717) is 24.7 Å². The summed E-state index contributed by atoms with van der Waals surface area (Å²) in [5.74, 6) is -0.0435. The zero-order chi connectivity index (χ0) is 15.0. The highest BCUT2D eigenvalue weighted by Gasteiger charge is 2.43. The Kier molecular flexibility index (Phi) is 7.40. The Hall–Kier alpha value is -0.720. The van der Waals surface area contributed by atoms with Gasteiger partial charge in [-0.25, -0.2) is 0 Å². The van der Waals surface area contributed by atoms with Gasteiger partial charge in [0, 0.05) is 20.2 Å². The van der Waals surface area contributed by atoms with Gasteiger partial charge in [0.05, 0.1) is 23.6 Å². The smallest absolute Gasteiger partial charge is 0.235 e. The van der Waals surface area contributed by atoms with Crippen molar-refractivity contribution < 1.29 is 14.6 Å². The maximum atomic E-state index is 12.9. The van der Waals surface area contributed by atoms with Gasteiger partial charge in [0.25, 0.3) is 0 Å². The van der Waals surface area contributed by atoms with Crippen LogP contribution in [0.25, 0.3) is 0 Å². The van der Waals surface area contributed by atoms with Gasteiger partial charge in [0.1, 0.15) is 0 Å². The fraction of sp³-hybridized carbons (Fsp3) is 0.857. The van der Waals surface area contributed by atoms with Crippen molar-refractivity contribution >= 4 is 23.1 Å². The van der Waals surface area contributed by atoms with Gasteiger partial charge in [-0.15, -0.1) is 0 Å². The van der Waals surface area contributed by atoms with Crippen LogP contribution >= 0.6 is 12.2 Å². The number of carbonyl (C=O) groups excluding carboxylic acids is 1. The fourth-order valence-electron chi connectivity index (χ4n) is 2.84. The minimum absolute atomic E-state index is 0.0435. The van der Waals surface area contributed by atoms with Crippen molar-refractivity contribution in [1.82, 2.24) is 4.90 Å². The van der Waals surface area contributed by atoms with E-state index in [1.165, 1.54) is 0 Å². The molecule has 1 rings (SSSR count). The molecule has 1 aliphatic carbocycles. The number of amides is 1. The topological polar surface area (TPSA) is 75.8 Å². The van der Waals surface area contributed by atoms with Crippen LogP contribution in [0.3, 0.4) is 0 Å². The Bertz CT molecular complexity index is 328. The van der Waals surface area contributed by atoms with Crippen molar-refractivity contribution in [3.05, 3.63) is 0 Å². The van der Waals surface area contributed by atoms with Crippen LogP contribution in [-0.4, -0.2) is 54.3 Å². The predicted octanol–water partition coefficient (Wildman–Crippen LogP) is 1.08. The Morgan fingerprint density at radius 3 is 2.35 bits per heavy atom. The van der Waals surface area contributed by atoms with Crippen LogP contribution in [0, 0.1) is 5.41 Å². The molecule has 0 aromatic rings. The number of thiocarbonyl (C=S) groups is 1. The number of carbonyl (C=O) groups is 1. The number of rotatable bonds is 7. The van der Waals surface area contributed by atoms with Crippen molar-refractivity contribution in [1.29, 1.82) is 0 Å². The molecule has 0 atom stereocenters. The van der Waals surface area contributed by atoms with Crippen molar-refractivity contribution in [2.24, 2.45) is 11.1 Å². The summed E-state index contributed by atoms with van der Waals surface area (Å²) in [5, 5.41) is 9.16. The summed E-state index contributed by atoms with van der Waals surface area (Å²) in [7, 11) is 1.59. The van der Waals surface area contributed by atoms with E-state index in [9.17, 15) is 4.79 Å². The molecule has 0 unspecified atom stereocenters. The first-order valence-electron chi connectivity index (χ1n) is 7.27. The summed E-state index contributed by atoms with van der Waals surface area (Å²) >= 11 is 5.22. The average Bonchev–Trinajstić information content (AvgIpc) is 2.69. The molecule has 1 amide bonds. The highest BCUT2D eigenvalue weighted by atomic mass is 32.1. The second-order valence-electron chi connectivity index (χ2n) is 5.37.